The maximum Gasteiger partial charge on any atom is 0.303 e. The molecule has 0 aliphatic heterocycles. The third kappa shape index (κ3) is 6.71. The predicted octanol–water partition coefficient (Wildman–Crippen LogP) is 5.08. The average Bonchev–Trinajstić information content (AvgIpc) is 2.64. The lowest BCUT2D eigenvalue weighted by molar-refractivity contribution is -0.147. The van der Waals surface area contributed by atoms with Gasteiger partial charge in [-0.2, -0.15) is 0 Å². The fraction of sp³-hybridized carbons (Fsp3) is 0.364. The van der Waals surface area contributed by atoms with Gasteiger partial charge in [0.1, 0.15) is 6.10 Å². The van der Waals surface area contributed by atoms with Crippen molar-refractivity contribution < 1.29 is 19.1 Å². The average molecular weight is 354 g/mol. The van der Waals surface area contributed by atoms with Gasteiger partial charge in [0.05, 0.1) is 6.61 Å². The number of carbonyl (C=O) groups excluding carboxylic acids is 2. The van der Waals surface area contributed by atoms with Crippen molar-refractivity contribution >= 4 is 11.9 Å². The van der Waals surface area contributed by atoms with Crippen LogP contribution in [0.1, 0.15) is 51.2 Å². The van der Waals surface area contributed by atoms with Gasteiger partial charge in [-0.15, -0.1) is 0 Å². The Balaban J connectivity index is 1.93. The highest BCUT2D eigenvalue weighted by atomic mass is 16.5. The highest BCUT2D eigenvalue weighted by Gasteiger charge is 2.14. The summed E-state index contributed by atoms with van der Waals surface area (Å²) in [5.74, 6) is -0.525. The fourth-order valence-electron chi connectivity index (χ4n) is 2.84. The quantitative estimate of drug-likeness (QED) is 0.465. The molecule has 1 unspecified atom stereocenters. The zero-order chi connectivity index (χ0) is 18.8. The van der Waals surface area contributed by atoms with E-state index in [2.05, 4.69) is 24.3 Å². The van der Waals surface area contributed by atoms with Crippen molar-refractivity contribution in [2.45, 2.75) is 45.6 Å². The van der Waals surface area contributed by atoms with Crippen LogP contribution in [0.3, 0.4) is 0 Å². The van der Waals surface area contributed by atoms with Crippen LogP contribution in [0.4, 0.5) is 0 Å². The number of carbonyl (C=O) groups is 2. The van der Waals surface area contributed by atoms with Gasteiger partial charge < -0.3 is 9.47 Å². The highest BCUT2D eigenvalue weighted by Crippen LogP contribution is 2.27. The van der Waals surface area contributed by atoms with Crippen LogP contribution < -0.4 is 0 Å². The zero-order valence-electron chi connectivity index (χ0n) is 15.4. The summed E-state index contributed by atoms with van der Waals surface area (Å²) in [6, 6.07) is 18.3. The Kier molecular flexibility index (Phi) is 7.87. The Morgan fingerprint density at radius 2 is 1.46 bits per heavy atom. The van der Waals surface area contributed by atoms with Gasteiger partial charge in [-0.3, -0.25) is 9.59 Å². The van der Waals surface area contributed by atoms with Crippen LogP contribution >= 0.6 is 0 Å². The maximum absolute atomic E-state index is 11.4. The molecule has 0 aromatic heterocycles. The molecule has 0 heterocycles. The molecule has 0 fully saturated rings. The van der Waals surface area contributed by atoms with Crippen LogP contribution in [0, 0.1) is 0 Å². The summed E-state index contributed by atoms with van der Waals surface area (Å²) < 4.78 is 10.4. The minimum absolute atomic E-state index is 0.244. The minimum Gasteiger partial charge on any atom is -0.466 e. The molecule has 0 aliphatic rings. The Labute approximate surface area is 155 Å². The summed E-state index contributed by atoms with van der Waals surface area (Å²) >= 11 is 0. The molecule has 2 rings (SSSR count). The van der Waals surface area contributed by atoms with Crippen LogP contribution in [0.2, 0.25) is 0 Å². The van der Waals surface area contributed by atoms with E-state index in [1.165, 1.54) is 13.8 Å². The molecule has 4 nitrogen and oxygen atoms in total. The van der Waals surface area contributed by atoms with E-state index < -0.39 is 0 Å². The van der Waals surface area contributed by atoms with Gasteiger partial charge in [0.25, 0.3) is 0 Å². The topological polar surface area (TPSA) is 52.6 Å². The van der Waals surface area contributed by atoms with E-state index in [4.69, 9.17) is 9.47 Å². The predicted molar refractivity (Wildman–Crippen MR) is 101 cm³/mol. The van der Waals surface area contributed by atoms with E-state index in [0.29, 0.717) is 6.61 Å². The summed E-state index contributed by atoms with van der Waals surface area (Å²) in [4.78, 5) is 22.2. The van der Waals surface area contributed by atoms with Crippen LogP contribution in [-0.2, 0) is 19.1 Å². The molecule has 138 valence electrons. The minimum atomic E-state index is -0.276. The molecule has 4 heteroatoms. The lowest BCUT2D eigenvalue weighted by Gasteiger charge is -2.18. The first-order valence-corrected chi connectivity index (χ1v) is 9.02. The molecule has 0 spiro atoms. The van der Waals surface area contributed by atoms with Crippen molar-refractivity contribution in [1.82, 2.24) is 0 Å². The monoisotopic (exact) mass is 354 g/mol. The first kappa shape index (κ1) is 19.7. The third-order valence-electron chi connectivity index (χ3n) is 4.11. The summed E-state index contributed by atoms with van der Waals surface area (Å²) in [6.45, 7) is 3.29. The van der Waals surface area contributed by atoms with E-state index in [-0.39, 0.29) is 18.0 Å². The summed E-state index contributed by atoms with van der Waals surface area (Å²) in [5, 5.41) is 0. The normalized spacial score (nSPS) is 11.6. The number of rotatable bonds is 9. The van der Waals surface area contributed by atoms with E-state index in [1.807, 2.05) is 30.3 Å². The lowest BCUT2D eigenvalue weighted by Crippen LogP contribution is -2.09. The molecule has 0 saturated carbocycles. The standard InChI is InChI=1S/C22H26O4/c1-17(23)25-16-8-4-7-11-22(26-18(2)24)21-14-12-20(13-15-21)19-9-5-3-6-10-19/h3,5-6,9-10,12-15,22H,4,7-8,11,16H2,1-2H3. The first-order valence-electron chi connectivity index (χ1n) is 9.02. The molecular weight excluding hydrogens is 328 g/mol. The van der Waals surface area contributed by atoms with Crippen molar-refractivity contribution in [3.8, 4) is 11.1 Å². The van der Waals surface area contributed by atoms with E-state index in [1.54, 1.807) is 0 Å². The molecule has 0 aliphatic carbocycles. The van der Waals surface area contributed by atoms with Crippen LogP contribution in [0.5, 0.6) is 0 Å². The van der Waals surface area contributed by atoms with Gasteiger partial charge in [0, 0.05) is 13.8 Å². The fourth-order valence-corrected chi connectivity index (χ4v) is 2.84. The van der Waals surface area contributed by atoms with Gasteiger partial charge >= 0.3 is 11.9 Å². The van der Waals surface area contributed by atoms with Crippen molar-refractivity contribution in [2.24, 2.45) is 0 Å². The molecule has 1 atom stereocenters. The maximum atomic E-state index is 11.4. The van der Waals surface area contributed by atoms with Crippen LogP contribution in [0.25, 0.3) is 11.1 Å². The molecule has 0 radical (unpaired) electrons. The second-order valence-corrected chi connectivity index (χ2v) is 6.28. The molecule has 0 N–H and O–H groups in total. The van der Waals surface area contributed by atoms with Crippen molar-refractivity contribution in [2.75, 3.05) is 6.61 Å². The number of unbranched alkanes of at least 4 members (excludes halogenated alkanes) is 2. The second-order valence-electron chi connectivity index (χ2n) is 6.28. The Morgan fingerprint density at radius 3 is 2.08 bits per heavy atom. The summed E-state index contributed by atoms with van der Waals surface area (Å²) in [7, 11) is 0. The van der Waals surface area contributed by atoms with E-state index in [9.17, 15) is 9.59 Å². The van der Waals surface area contributed by atoms with Gasteiger partial charge in [-0.25, -0.2) is 0 Å². The summed E-state index contributed by atoms with van der Waals surface area (Å²) in [5.41, 5.74) is 3.30. The van der Waals surface area contributed by atoms with E-state index in [0.717, 1.165) is 42.4 Å². The number of hydrogen-bond donors (Lipinski definition) is 0. The largest absolute Gasteiger partial charge is 0.466 e. The Morgan fingerprint density at radius 1 is 0.808 bits per heavy atom. The Hall–Kier alpha value is -2.62. The smallest absolute Gasteiger partial charge is 0.303 e. The zero-order valence-corrected chi connectivity index (χ0v) is 15.4. The number of benzene rings is 2. The molecule has 0 amide bonds. The molecular formula is C22H26O4. The van der Waals surface area contributed by atoms with Crippen molar-refractivity contribution in [3.05, 3.63) is 60.2 Å². The molecule has 26 heavy (non-hydrogen) atoms. The van der Waals surface area contributed by atoms with Gasteiger partial charge in [-0.05, 0) is 42.4 Å². The van der Waals surface area contributed by atoms with E-state index >= 15 is 0 Å². The van der Waals surface area contributed by atoms with Gasteiger partial charge in [0.15, 0.2) is 0 Å². The van der Waals surface area contributed by atoms with Crippen molar-refractivity contribution in [1.29, 1.82) is 0 Å². The molecule has 2 aromatic carbocycles. The third-order valence-corrected chi connectivity index (χ3v) is 4.11. The molecule has 0 bridgehead atoms. The second kappa shape index (κ2) is 10.4. The highest BCUT2D eigenvalue weighted by molar-refractivity contribution is 5.67. The SMILES string of the molecule is CC(=O)OCCCCCC(OC(C)=O)c1ccc(-c2ccccc2)cc1. The molecule has 0 saturated heterocycles. The Bertz CT molecular complexity index is 692. The van der Waals surface area contributed by atoms with Gasteiger partial charge in [0.2, 0.25) is 0 Å². The number of ether oxygens (including phenoxy) is 2. The number of hydrogen-bond acceptors (Lipinski definition) is 4. The van der Waals surface area contributed by atoms with Gasteiger partial charge in [-0.1, -0.05) is 54.6 Å². The van der Waals surface area contributed by atoms with Crippen molar-refractivity contribution in [3.63, 3.8) is 0 Å². The number of esters is 2. The lowest BCUT2D eigenvalue weighted by atomic mass is 9.99. The first-order chi connectivity index (χ1) is 12.6. The van der Waals surface area contributed by atoms with Crippen LogP contribution in [-0.4, -0.2) is 18.5 Å². The summed E-state index contributed by atoms with van der Waals surface area (Å²) in [6.07, 6.45) is 3.15. The molecule has 2 aromatic rings. The van der Waals surface area contributed by atoms with Crippen LogP contribution in [0.15, 0.2) is 54.6 Å².